The van der Waals surface area contributed by atoms with E-state index >= 15 is 0 Å². The first-order valence-corrected chi connectivity index (χ1v) is 6.77. The Labute approximate surface area is 115 Å². The molecule has 4 heteroatoms. The highest BCUT2D eigenvalue weighted by molar-refractivity contribution is 5.67. The van der Waals surface area contributed by atoms with E-state index in [0.717, 1.165) is 44.7 Å². The Balaban J connectivity index is 1.73. The van der Waals surface area contributed by atoms with Crippen LogP contribution in [-0.2, 0) is 11.3 Å². The molecule has 0 aliphatic carbocycles. The van der Waals surface area contributed by atoms with Gasteiger partial charge < -0.3 is 9.64 Å². The first-order valence-electron chi connectivity index (χ1n) is 6.77. The van der Waals surface area contributed by atoms with Crippen LogP contribution in [-0.4, -0.2) is 48.6 Å². The number of rotatable bonds is 4. The van der Waals surface area contributed by atoms with Crippen LogP contribution in [0, 0.1) is 6.92 Å². The number of carbonyl (C=O) groups is 1. The molecule has 2 rings (SSSR count). The number of benzene rings is 1. The summed E-state index contributed by atoms with van der Waals surface area (Å²) in [7, 11) is 0. The molecule has 19 heavy (non-hydrogen) atoms. The van der Waals surface area contributed by atoms with Crippen molar-refractivity contribution in [3.63, 3.8) is 0 Å². The zero-order valence-corrected chi connectivity index (χ0v) is 11.3. The highest BCUT2D eigenvalue weighted by atomic mass is 16.6. The van der Waals surface area contributed by atoms with E-state index in [-0.39, 0.29) is 6.09 Å². The number of ether oxygens (including phenoxy) is 1. The lowest BCUT2D eigenvalue weighted by molar-refractivity contribution is 0.0720. The van der Waals surface area contributed by atoms with E-state index in [4.69, 9.17) is 4.74 Å². The fourth-order valence-electron chi connectivity index (χ4n) is 2.19. The Morgan fingerprint density at radius 1 is 1.16 bits per heavy atom. The quantitative estimate of drug-likeness (QED) is 0.832. The Morgan fingerprint density at radius 2 is 1.84 bits per heavy atom. The van der Waals surface area contributed by atoms with E-state index < -0.39 is 0 Å². The van der Waals surface area contributed by atoms with Crippen LogP contribution in [0.1, 0.15) is 12.0 Å². The second-order valence-electron chi connectivity index (χ2n) is 4.72. The molecule has 1 radical (unpaired) electrons. The number of nitrogens with zero attached hydrogens (tertiary/aromatic N) is 2. The van der Waals surface area contributed by atoms with Gasteiger partial charge in [0.05, 0.1) is 0 Å². The minimum Gasteiger partial charge on any atom is -0.445 e. The largest absolute Gasteiger partial charge is 0.445 e. The summed E-state index contributed by atoms with van der Waals surface area (Å²) >= 11 is 0. The summed E-state index contributed by atoms with van der Waals surface area (Å²) in [6.45, 7) is 8.52. The lowest BCUT2D eigenvalue weighted by Crippen LogP contribution is -2.48. The van der Waals surface area contributed by atoms with Gasteiger partial charge in [-0.15, -0.1) is 0 Å². The summed E-state index contributed by atoms with van der Waals surface area (Å²) in [5, 5.41) is 0. The zero-order chi connectivity index (χ0) is 13.5. The molecule has 0 N–H and O–H groups in total. The lowest BCUT2D eigenvalue weighted by atomic mass is 10.2. The van der Waals surface area contributed by atoms with Crippen LogP contribution < -0.4 is 0 Å². The molecule has 1 amide bonds. The van der Waals surface area contributed by atoms with Crippen LogP contribution >= 0.6 is 0 Å². The molecule has 0 atom stereocenters. The molecule has 1 aliphatic heterocycles. The molecule has 1 fully saturated rings. The standard InChI is InChI=1S/C15H21N2O2/c1-2-8-16-9-11-17(12-10-16)15(18)19-13-14-6-4-3-5-7-14/h3-7H,1-2,8-13H2. The molecule has 1 aliphatic rings. The van der Waals surface area contributed by atoms with Gasteiger partial charge in [-0.1, -0.05) is 37.3 Å². The lowest BCUT2D eigenvalue weighted by Gasteiger charge is -2.33. The SMILES string of the molecule is [CH2]CCN1CCN(C(=O)OCc2ccccc2)CC1. The minimum atomic E-state index is -0.210. The topological polar surface area (TPSA) is 32.8 Å². The van der Waals surface area contributed by atoms with Gasteiger partial charge >= 0.3 is 6.09 Å². The monoisotopic (exact) mass is 261 g/mol. The number of piperazine rings is 1. The minimum absolute atomic E-state index is 0.210. The van der Waals surface area contributed by atoms with Gasteiger partial charge in [-0.3, -0.25) is 4.90 Å². The van der Waals surface area contributed by atoms with Crippen LogP contribution in [0.15, 0.2) is 30.3 Å². The second kappa shape index (κ2) is 7.14. The average molecular weight is 261 g/mol. The average Bonchev–Trinajstić information content (AvgIpc) is 2.47. The van der Waals surface area contributed by atoms with Crippen molar-refractivity contribution in [3.8, 4) is 0 Å². The molecular weight excluding hydrogens is 240 g/mol. The van der Waals surface area contributed by atoms with Crippen LogP contribution in [0.2, 0.25) is 0 Å². The molecule has 0 aromatic heterocycles. The predicted molar refractivity (Wildman–Crippen MR) is 74.6 cm³/mol. The Kier molecular flexibility index (Phi) is 5.21. The summed E-state index contributed by atoms with van der Waals surface area (Å²) in [6.07, 6.45) is 0.705. The maximum Gasteiger partial charge on any atom is 0.410 e. The third kappa shape index (κ3) is 4.24. The highest BCUT2D eigenvalue weighted by Crippen LogP contribution is 2.07. The van der Waals surface area contributed by atoms with Gasteiger partial charge in [0.2, 0.25) is 0 Å². The third-order valence-corrected chi connectivity index (χ3v) is 3.31. The summed E-state index contributed by atoms with van der Waals surface area (Å²) in [5.74, 6) is 0. The molecule has 0 saturated carbocycles. The van der Waals surface area contributed by atoms with E-state index in [1.54, 1.807) is 4.90 Å². The van der Waals surface area contributed by atoms with E-state index in [1.165, 1.54) is 0 Å². The molecule has 4 nitrogen and oxygen atoms in total. The zero-order valence-electron chi connectivity index (χ0n) is 11.3. The molecule has 0 spiro atoms. The molecule has 1 aromatic carbocycles. The van der Waals surface area contributed by atoms with Gasteiger partial charge in [0.25, 0.3) is 0 Å². The van der Waals surface area contributed by atoms with Crippen LogP contribution in [0.25, 0.3) is 0 Å². The van der Waals surface area contributed by atoms with E-state index in [0.29, 0.717) is 6.61 Å². The van der Waals surface area contributed by atoms with Gasteiger partial charge in [0.1, 0.15) is 6.61 Å². The highest BCUT2D eigenvalue weighted by Gasteiger charge is 2.21. The molecule has 103 valence electrons. The van der Waals surface area contributed by atoms with Crippen LogP contribution in [0.4, 0.5) is 4.79 Å². The van der Waals surface area contributed by atoms with Crippen LogP contribution in [0.5, 0.6) is 0 Å². The van der Waals surface area contributed by atoms with E-state index in [1.807, 2.05) is 30.3 Å². The Morgan fingerprint density at radius 3 is 2.47 bits per heavy atom. The molecule has 1 saturated heterocycles. The normalized spacial score (nSPS) is 16.4. The summed E-state index contributed by atoms with van der Waals surface area (Å²) in [6, 6.07) is 9.76. The molecule has 0 unspecified atom stereocenters. The number of carbonyl (C=O) groups excluding carboxylic acids is 1. The summed E-state index contributed by atoms with van der Waals surface area (Å²) in [5.41, 5.74) is 1.02. The van der Waals surface area contributed by atoms with Crippen molar-refractivity contribution >= 4 is 6.09 Å². The summed E-state index contributed by atoms with van der Waals surface area (Å²) in [4.78, 5) is 16.0. The van der Waals surface area contributed by atoms with E-state index in [9.17, 15) is 4.79 Å². The van der Waals surface area contributed by atoms with Crippen molar-refractivity contribution < 1.29 is 9.53 Å². The van der Waals surface area contributed by atoms with Crippen molar-refractivity contribution in [2.24, 2.45) is 0 Å². The van der Waals surface area contributed by atoms with Gasteiger partial charge in [0, 0.05) is 26.2 Å². The van der Waals surface area contributed by atoms with Crippen molar-refractivity contribution in [2.45, 2.75) is 13.0 Å². The fourth-order valence-corrected chi connectivity index (χ4v) is 2.19. The first-order chi connectivity index (χ1) is 9.29. The molecular formula is C15H21N2O2. The van der Waals surface area contributed by atoms with Gasteiger partial charge in [-0.25, -0.2) is 4.79 Å². The van der Waals surface area contributed by atoms with Crippen molar-refractivity contribution in [2.75, 3.05) is 32.7 Å². The maximum absolute atomic E-state index is 11.9. The second-order valence-corrected chi connectivity index (χ2v) is 4.72. The number of amides is 1. The maximum atomic E-state index is 11.9. The van der Waals surface area contributed by atoms with Crippen molar-refractivity contribution in [3.05, 3.63) is 42.8 Å². The fraction of sp³-hybridized carbons (Fsp3) is 0.467. The molecule has 0 bridgehead atoms. The predicted octanol–water partition coefficient (Wildman–Crippen LogP) is 2.16. The Hall–Kier alpha value is -1.55. The van der Waals surface area contributed by atoms with Crippen molar-refractivity contribution in [1.82, 2.24) is 9.80 Å². The van der Waals surface area contributed by atoms with Gasteiger partial charge in [-0.05, 0) is 18.5 Å². The third-order valence-electron chi connectivity index (χ3n) is 3.31. The summed E-state index contributed by atoms with van der Waals surface area (Å²) < 4.78 is 5.32. The molecule has 1 heterocycles. The molecule has 1 aromatic rings. The number of hydrogen-bond donors (Lipinski definition) is 0. The van der Waals surface area contributed by atoms with Gasteiger partial charge in [0.15, 0.2) is 0 Å². The smallest absolute Gasteiger partial charge is 0.410 e. The first kappa shape index (κ1) is 13.9. The van der Waals surface area contributed by atoms with E-state index in [2.05, 4.69) is 11.8 Å². The van der Waals surface area contributed by atoms with Gasteiger partial charge in [-0.2, -0.15) is 0 Å². The number of hydrogen-bond acceptors (Lipinski definition) is 3. The Bertz CT molecular complexity index is 386. The van der Waals surface area contributed by atoms with Crippen LogP contribution in [0.3, 0.4) is 0 Å². The van der Waals surface area contributed by atoms with Crippen molar-refractivity contribution in [1.29, 1.82) is 0 Å².